The van der Waals surface area contributed by atoms with Gasteiger partial charge in [0.25, 0.3) is 5.91 Å². The van der Waals surface area contributed by atoms with Gasteiger partial charge in [0.1, 0.15) is 11.7 Å². The van der Waals surface area contributed by atoms with Gasteiger partial charge >= 0.3 is 0 Å². The Hall–Kier alpha value is -1.83. The van der Waals surface area contributed by atoms with Gasteiger partial charge in [-0.05, 0) is 45.2 Å². The fourth-order valence-electron chi connectivity index (χ4n) is 3.12. The summed E-state index contributed by atoms with van der Waals surface area (Å²) in [5.41, 5.74) is 0.935. The van der Waals surface area contributed by atoms with Crippen molar-refractivity contribution in [1.29, 1.82) is 0 Å². The Morgan fingerprint density at radius 3 is 2.82 bits per heavy atom. The standard InChI is InChI=1S/C19H22Cl2N4O2S/c1-11(2)22-17(26)15-8-3-4-9-25(15)18(27)14-10-28-19(24-14)23-13-7-5-6-12(20)16(13)21/h5-7,10-11,15H,3-4,8-9H2,1-2H3,(H,22,26)(H,23,24)/t15-/m1/s1. The van der Waals surface area contributed by atoms with E-state index in [1.807, 2.05) is 13.8 Å². The number of rotatable bonds is 5. The summed E-state index contributed by atoms with van der Waals surface area (Å²) in [7, 11) is 0. The van der Waals surface area contributed by atoms with Gasteiger partial charge in [-0.1, -0.05) is 29.3 Å². The first kappa shape index (κ1) is 20.9. The van der Waals surface area contributed by atoms with Crippen LogP contribution in [0.25, 0.3) is 0 Å². The van der Waals surface area contributed by atoms with Crippen molar-refractivity contribution in [3.8, 4) is 0 Å². The van der Waals surface area contributed by atoms with Gasteiger partial charge < -0.3 is 15.5 Å². The van der Waals surface area contributed by atoms with E-state index in [-0.39, 0.29) is 17.9 Å². The van der Waals surface area contributed by atoms with Crippen molar-refractivity contribution in [3.05, 3.63) is 39.3 Å². The fourth-order valence-corrected chi connectivity index (χ4v) is 4.16. The van der Waals surface area contributed by atoms with Gasteiger partial charge in [-0.25, -0.2) is 4.98 Å². The molecule has 1 atom stereocenters. The van der Waals surface area contributed by atoms with Crippen LogP contribution in [-0.2, 0) is 4.79 Å². The van der Waals surface area contributed by atoms with Crippen LogP contribution in [0.3, 0.4) is 0 Å². The maximum Gasteiger partial charge on any atom is 0.274 e. The average molecular weight is 441 g/mol. The lowest BCUT2D eigenvalue weighted by atomic mass is 10.0. The average Bonchev–Trinajstić information content (AvgIpc) is 3.13. The molecule has 1 fully saturated rings. The number of benzene rings is 1. The van der Waals surface area contributed by atoms with Crippen molar-refractivity contribution in [2.45, 2.75) is 45.2 Å². The monoisotopic (exact) mass is 440 g/mol. The van der Waals surface area contributed by atoms with E-state index in [1.54, 1.807) is 28.5 Å². The van der Waals surface area contributed by atoms with Crippen LogP contribution in [0.15, 0.2) is 23.6 Å². The molecule has 1 saturated heterocycles. The molecule has 0 aliphatic carbocycles. The molecule has 28 heavy (non-hydrogen) atoms. The highest BCUT2D eigenvalue weighted by atomic mass is 35.5. The summed E-state index contributed by atoms with van der Waals surface area (Å²) in [6.45, 7) is 4.37. The third-order valence-electron chi connectivity index (χ3n) is 4.41. The minimum absolute atomic E-state index is 0.0314. The summed E-state index contributed by atoms with van der Waals surface area (Å²) in [4.78, 5) is 31.5. The summed E-state index contributed by atoms with van der Waals surface area (Å²) in [5, 5.41) is 9.06. The van der Waals surface area contributed by atoms with E-state index >= 15 is 0 Å². The number of thiazole rings is 1. The molecule has 0 spiro atoms. The molecule has 1 aromatic heterocycles. The quantitative estimate of drug-likeness (QED) is 0.705. The minimum Gasteiger partial charge on any atom is -0.352 e. The number of hydrogen-bond acceptors (Lipinski definition) is 5. The number of carbonyl (C=O) groups is 2. The van der Waals surface area contributed by atoms with Gasteiger partial charge in [-0.15, -0.1) is 11.3 Å². The van der Waals surface area contributed by atoms with Crippen molar-refractivity contribution in [1.82, 2.24) is 15.2 Å². The zero-order valence-corrected chi connectivity index (χ0v) is 18.0. The molecule has 2 N–H and O–H groups in total. The van der Waals surface area contributed by atoms with Crippen molar-refractivity contribution < 1.29 is 9.59 Å². The number of nitrogens with zero attached hydrogens (tertiary/aromatic N) is 2. The van der Waals surface area contributed by atoms with Crippen LogP contribution in [-0.4, -0.2) is 40.3 Å². The Bertz CT molecular complexity index is 871. The molecule has 2 heterocycles. The summed E-state index contributed by atoms with van der Waals surface area (Å²) in [6.07, 6.45) is 2.47. The second-order valence-corrected chi connectivity index (χ2v) is 8.58. The van der Waals surface area contributed by atoms with Crippen LogP contribution in [0.5, 0.6) is 0 Å². The smallest absolute Gasteiger partial charge is 0.274 e. The Kier molecular flexibility index (Phi) is 6.80. The number of likely N-dealkylation sites (tertiary alicyclic amines) is 1. The molecule has 3 rings (SSSR count). The van der Waals surface area contributed by atoms with E-state index in [0.29, 0.717) is 39.5 Å². The highest BCUT2D eigenvalue weighted by Crippen LogP contribution is 2.33. The Labute approximate surface area is 178 Å². The summed E-state index contributed by atoms with van der Waals surface area (Å²) >= 11 is 13.5. The van der Waals surface area contributed by atoms with Crippen LogP contribution in [0.2, 0.25) is 10.0 Å². The van der Waals surface area contributed by atoms with E-state index in [1.165, 1.54) is 11.3 Å². The van der Waals surface area contributed by atoms with E-state index in [4.69, 9.17) is 23.2 Å². The van der Waals surface area contributed by atoms with Crippen LogP contribution in [0, 0.1) is 0 Å². The lowest BCUT2D eigenvalue weighted by Gasteiger charge is -2.34. The summed E-state index contributed by atoms with van der Waals surface area (Å²) in [6, 6.07) is 4.84. The first-order valence-corrected chi connectivity index (χ1v) is 10.8. The lowest BCUT2D eigenvalue weighted by Crippen LogP contribution is -2.53. The molecule has 9 heteroatoms. The molecular weight excluding hydrogens is 419 g/mol. The lowest BCUT2D eigenvalue weighted by molar-refractivity contribution is -0.127. The first-order valence-electron chi connectivity index (χ1n) is 9.14. The van der Waals surface area contributed by atoms with E-state index in [9.17, 15) is 9.59 Å². The molecule has 1 aliphatic heterocycles. The van der Waals surface area contributed by atoms with Gasteiger partial charge in [-0.3, -0.25) is 9.59 Å². The Morgan fingerprint density at radius 1 is 1.29 bits per heavy atom. The topological polar surface area (TPSA) is 74.3 Å². The minimum atomic E-state index is -0.455. The molecule has 0 saturated carbocycles. The Balaban J connectivity index is 1.75. The predicted octanol–water partition coefficient (Wildman–Crippen LogP) is 4.71. The third-order valence-corrected chi connectivity index (χ3v) is 5.99. The zero-order chi connectivity index (χ0) is 20.3. The fraction of sp³-hybridized carbons (Fsp3) is 0.421. The predicted molar refractivity (Wildman–Crippen MR) is 114 cm³/mol. The molecule has 2 aromatic rings. The molecule has 2 amide bonds. The number of hydrogen-bond donors (Lipinski definition) is 2. The number of amides is 2. The van der Waals surface area contributed by atoms with Crippen LogP contribution in [0.1, 0.15) is 43.6 Å². The number of piperidine rings is 1. The number of halogens is 2. The first-order chi connectivity index (χ1) is 13.4. The highest BCUT2D eigenvalue weighted by molar-refractivity contribution is 7.14. The maximum absolute atomic E-state index is 13.0. The van der Waals surface area contributed by atoms with Gasteiger partial charge in [0.15, 0.2) is 5.13 Å². The number of nitrogens with one attached hydrogen (secondary N) is 2. The van der Waals surface area contributed by atoms with Crippen LogP contribution >= 0.6 is 34.5 Å². The van der Waals surface area contributed by atoms with Gasteiger partial charge in [0.2, 0.25) is 5.91 Å². The van der Waals surface area contributed by atoms with Crippen molar-refractivity contribution in [2.24, 2.45) is 0 Å². The van der Waals surface area contributed by atoms with Crippen molar-refractivity contribution in [2.75, 3.05) is 11.9 Å². The van der Waals surface area contributed by atoms with Gasteiger partial charge in [-0.2, -0.15) is 0 Å². The number of anilines is 2. The van der Waals surface area contributed by atoms with Crippen LogP contribution < -0.4 is 10.6 Å². The second kappa shape index (κ2) is 9.11. The van der Waals surface area contributed by atoms with E-state index < -0.39 is 6.04 Å². The normalized spacial score (nSPS) is 16.9. The molecule has 150 valence electrons. The third kappa shape index (κ3) is 4.77. The molecule has 6 nitrogen and oxygen atoms in total. The van der Waals surface area contributed by atoms with Crippen molar-refractivity contribution >= 4 is 57.2 Å². The van der Waals surface area contributed by atoms with E-state index in [2.05, 4.69) is 15.6 Å². The van der Waals surface area contributed by atoms with Crippen LogP contribution in [0.4, 0.5) is 10.8 Å². The maximum atomic E-state index is 13.0. The number of aromatic nitrogens is 1. The Morgan fingerprint density at radius 2 is 2.07 bits per heavy atom. The van der Waals surface area contributed by atoms with Crippen molar-refractivity contribution in [3.63, 3.8) is 0 Å². The SMILES string of the molecule is CC(C)NC(=O)[C@H]1CCCCN1C(=O)c1csc(Nc2cccc(Cl)c2Cl)n1. The summed E-state index contributed by atoms with van der Waals surface area (Å²) < 4.78 is 0. The highest BCUT2D eigenvalue weighted by Gasteiger charge is 2.33. The zero-order valence-electron chi connectivity index (χ0n) is 15.7. The molecule has 1 aromatic carbocycles. The second-order valence-electron chi connectivity index (χ2n) is 6.94. The largest absolute Gasteiger partial charge is 0.352 e. The summed E-state index contributed by atoms with van der Waals surface area (Å²) in [5.74, 6) is -0.340. The van der Waals surface area contributed by atoms with E-state index in [0.717, 1.165) is 12.8 Å². The molecule has 0 unspecified atom stereocenters. The number of carbonyl (C=O) groups excluding carboxylic acids is 2. The van der Waals surface area contributed by atoms with Gasteiger partial charge in [0.05, 0.1) is 15.7 Å². The van der Waals surface area contributed by atoms with Gasteiger partial charge in [0, 0.05) is 18.0 Å². The molecular formula is C19H22Cl2N4O2S. The molecule has 0 radical (unpaired) electrons. The molecule has 1 aliphatic rings. The molecule has 0 bridgehead atoms.